The van der Waals surface area contributed by atoms with E-state index in [1.165, 1.54) is 0 Å². The lowest BCUT2D eigenvalue weighted by Gasteiger charge is -2.25. The van der Waals surface area contributed by atoms with E-state index in [0.717, 1.165) is 39.0 Å². The normalized spacial score (nSPS) is 16.4. The van der Waals surface area contributed by atoms with Gasteiger partial charge in [0, 0.05) is 27.7 Å². The zero-order chi connectivity index (χ0) is 17.7. The molecule has 4 heteroatoms. The average Bonchev–Trinajstić information content (AvgIpc) is 3.34. The number of nitrogens with one attached hydrogen (secondary N) is 1. The Balaban J connectivity index is 1.72. The fourth-order valence-electron chi connectivity index (χ4n) is 4.07. The zero-order valence-corrected chi connectivity index (χ0v) is 14.4. The topological polar surface area (TPSA) is 49.2 Å². The van der Waals surface area contributed by atoms with Crippen LogP contribution >= 0.6 is 0 Å². The lowest BCUT2D eigenvalue weighted by Crippen LogP contribution is -2.28. The maximum Gasteiger partial charge on any atom is 0.255 e. The molecule has 1 atom stereocenters. The predicted molar refractivity (Wildman–Crippen MR) is 99.9 cm³/mol. The first-order valence-corrected chi connectivity index (χ1v) is 8.73. The van der Waals surface area contributed by atoms with Crippen LogP contribution in [0.25, 0.3) is 10.9 Å². The summed E-state index contributed by atoms with van der Waals surface area (Å²) < 4.78 is 5.52. The molecule has 0 fully saturated rings. The van der Waals surface area contributed by atoms with Gasteiger partial charge >= 0.3 is 0 Å². The molecule has 0 bridgehead atoms. The van der Waals surface area contributed by atoms with E-state index >= 15 is 0 Å². The Hall–Kier alpha value is -3.27. The highest BCUT2D eigenvalue weighted by Crippen LogP contribution is 2.43. The van der Waals surface area contributed by atoms with Crippen molar-refractivity contribution in [3.05, 3.63) is 95.1 Å². The van der Waals surface area contributed by atoms with E-state index in [4.69, 9.17) is 4.42 Å². The molecule has 1 N–H and O–H groups in total. The number of aromatic amines is 1. The number of carbonyl (C=O) groups is 1. The number of furan rings is 1. The van der Waals surface area contributed by atoms with Gasteiger partial charge in [-0.1, -0.05) is 36.4 Å². The quantitative estimate of drug-likeness (QED) is 0.580. The molecule has 5 rings (SSSR count). The molecular formula is C22H18N2O2. The summed E-state index contributed by atoms with van der Waals surface area (Å²) in [7, 11) is 0. The number of H-pyrrole nitrogens is 1. The van der Waals surface area contributed by atoms with Gasteiger partial charge in [-0.3, -0.25) is 4.79 Å². The third-order valence-corrected chi connectivity index (χ3v) is 5.18. The van der Waals surface area contributed by atoms with Gasteiger partial charge in [-0.2, -0.15) is 0 Å². The fourth-order valence-corrected chi connectivity index (χ4v) is 4.07. The zero-order valence-electron chi connectivity index (χ0n) is 14.4. The molecule has 1 aliphatic heterocycles. The molecule has 4 nitrogen and oxygen atoms in total. The van der Waals surface area contributed by atoms with Gasteiger partial charge in [0.2, 0.25) is 0 Å². The highest BCUT2D eigenvalue weighted by molar-refractivity contribution is 6.01. The molecule has 26 heavy (non-hydrogen) atoms. The third-order valence-electron chi connectivity index (χ3n) is 5.18. The number of aryl methyl sites for hydroxylation is 1. The lowest BCUT2D eigenvalue weighted by atomic mass is 9.95. The number of benzene rings is 2. The number of hydrogen-bond donors (Lipinski definition) is 1. The molecule has 128 valence electrons. The minimum atomic E-state index is -0.125. The standard InChI is InChI=1S/C22H18N2O2/c1-14-20(18-10-4-5-11-19(18)23-14)21-16-8-2-3-9-17(16)22(25)24(21)13-15-7-6-12-26-15/h2-12,21,23H,13H2,1H3. The Morgan fingerprint density at radius 3 is 2.69 bits per heavy atom. The minimum Gasteiger partial charge on any atom is -0.467 e. The number of aromatic nitrogens is 1. The van der Waals surface area contributed by atoms with Crippen molar-refractivity contribution in [2.24, 2.45) is 0 Å². The summed E-state index contributed by atoms with van der Waals surface area (Å²) in [6.45, 7) is 2.52. The molecule has 0 aliphatic carbocycles. The third kappa shape index (κ3) is 2.12. The largest absolute Gasteiger partial charge is 0.467 e. The molecule has 1 amide bonds. The van der Waals surface area contributed by atoms with Gasteiger partial charge in [0.15, 0.2) is 0 Å². The second-order valence-electron chi connectivity index (χ2n) is 6.71. The predicted octanol–water partition coefficient (Wildman–Crippen LogP) is 4.81. The van der Waals surface area contributed by atoms with Crippen LogP contribution in [0.1, 0.15) is 39.0 Å². The van der Waals surface area contributed by atoms with Crippen molar-refractivity contribution < 1.29 is 9.21 Å². The van der Waals surface area contributed by atoms with Gasteiger partial charge in [-0.25, -0.2) is 0 Å². The van der Waals surface area contributed by atoms with Crippen LogP contribution in [0.2, 0.25) is 0 Å². The first-order valence-electron chi connectivity index (χ1n) is 8.73. The van der Waals surface area contributed by atoms with Gasteiger partial charge in [0.1, 0.15) is 5.76 Å². The Morgan fingerprint density at radius 2 is 1.85 bits per heavy atom. The maximum atomic E-state index is 13.2. The van der Waals surface area contributed by atoms with Crippen LogP contribution in [0, 0.1) is 6.92 Å². The monoisotopic (exact) mass is 342 g/mol. The van der Waals surface area contributed by atoms with E-state index in [1.807, 2.05) is 47.4 Å². The number of carbonyl (C=O) groups excluding carboxylic acids is 1. The fraction of sp³-hybridized carbons (Fsp3) is 0.136. The average molecular weight is 342 g/mol. The van der Waals surface area contributed by atoms with Gasteiger partial charge in [-0.15, -0.1) is 0 Å². The van der Waals surface area contributed by atoms with E-state index in [9.17, 15) is 4.79 Å². The first kappa shape index (κ1) is 15.0. The maximum absolute atomic E-state index is 13.2. The second-order valence-corrected chi connectivity index (χ2v) is 6.71. The van der Waals surface area contributed by atoms with Crippen molar-refractivity contribution >= 4 is 16.8 Å². The molecule has 2 aromatic heterocycles. The van der Waals surface area contributed by atoms with E-state index in [2.05, 4.69) is 30.1 Å². The van der Waals surface area contributed by atoms with E-state index in [-0.39, 0.29) is 11.9 Å². The van der Waals surface area contributed by atoms with E-state index < -0.39 is 0 Å². The summed E-state index contributed by atoms with van der Waals surface area (Å²) >= 11 is 0. The van der Waals surface area contributed by atoms with Gasteiger partial charge < -0.3 is 14.3 Å². The highest BCUT2D eigenvalue weighted by Gasteiger charge is 2.39. The van der Waals surface area contributed by atoms with Gasteiger partial charge in [0.25, 0.3) is 5.91 Å². The van der Waals surface area contributed by atoms with Crippen LogP contribution in [0.15, 0.2) is 71.3 Å². The molecule has 2 aromatic carbocycles. The summed E-state index contributed by atoms with van der Waals surface area (Å²) in [6.07, 6.45) is 1.65. The molecule has 0 saturated carbocycles. The van der Waals surface area contributed by atoms with Crippen molar-refractivity contribution in [3.8, 4) is 0 Å². The van der Waals surface area contributed by atoms with E-state index in [1.54, 1.807) is 6.26 Å². The van der Waals surface area contributed by atoms with Crippen molar-refractivity contribution in [2.75, 3.05) is 0 Å². The number of para-hydroxylation sites is 1. The lowest BCUT2D eigenvalue weighted by molar-refractivity contribution is 0.0723. The second kappa shape index (κ2) is 5.63. The molecule has 0 saturated heterocycles. The van der Waals surface area contributed by atoms with Crippen LogP contribution < -0.4 is 0 Å². The smallest absolute Gasteiger partial charge is 0.255 e. The van der Waals surface area contributed by atoms with Crippen molar-refractivity contribution in [1.82, 2.24) is 9.88 Å². The van der Waals surface area contributed by atoms with Crippen LogP contribution in [-0.4, -0.2) is 15.8 Å². The SMILES string of the molecule is Cc1[nH]c2ccccc2c1C1c2ccccc2C(=O)N1Cc1ccco1. The number of fused-ring (bicyclic) bond motifs is 2. The summed E-state index contributed by atoms with van der Waals surface area (Å²) in [6, 6.07) is 19.8. The number of rotatable bonds is 3. The molecule has 1 aliphatic rings. The Kier molecular flexibility index (Phi) is 3.25. The van der Waals surface area contributed by atoms with Crippen molar-refractivity contribution in [3.63, 3.8) is 0 Å². The molecule has 0 spiro atoms. The van der Waals surface area contributed by atoms with E-state index in [0.29, 0.717) is 6.54 Å². The number of nitrogens with zero attached hydrogens (tertiary/aromatic N) is 1. The number of hydrogen-bond acceptors (Lipinski definition) is 2. The van der Waals surface area contributed by atoms with Gasteiger partial charge in [0.05, 0.1) is 18.8 Å². The Labute approximate surface area is 151 Å². The minimum absolute atomic E-state index is 0.0479. The molecular weight excluding hydrogens is 324 g/mol. The Bertz CT molecular complexity index is 1110. The molecule has 3 heterocycles. The molecule has 0 radical (unpaired) electrons. The van der Waals surface area contributed by atoms with Crippen LogP contribution in [0.3, 0.4) is 0 Å². The Morgan fingerprint density at radius 1 is 1.04 bits per heavy atom. The molecule has 4 aromatic rings. The first-order chi connectivity index (χ1) is 12.7. The number of amides is 1. The molecule has 1 unspecified atom stereocenters. The van der Waals surface area contributed by atoms with Crippen molar-refractivity contribution in [2.45, 2.75) is 19.5 Å². The summed E-state index contributed by atoms with van der Waals surface area (Å²) in [5.74, 6) is 0.834. The van der Waals surface area contributed by atoms with Crippen LogP contribution in [-0.2, 0) is 6.54 Å². The van der Waals surface area contributed by atoms with Crippen LogP contribution in [0.5, 0.6) is 0 Å². The highest BCUT2D eigenvalue weighted by atomic mass is 16.3. The van der Waals surface area contributed by atoms with Gasteiger partial charge in [-0.05, 0) is 36.8 Å². The summed E-state index contributed by atoms with van der Waals surface area (Å²) in [5.41, 5.74) is 5.16. The summed E-state index contributed by atoms with van der Waals surface area (Å²) in [5, 5.41) is 1.16. The summed E-state index contributed by atoms with van der Waals surface area (Å²) in [4.78, 5) is 18.5. The van der Waals surface area contributed by atoms with Crippen molar-refractivity contribution in [1.29, 1.82) is 0 Å². The van der Waals surface area contributed by atoms with Crippen LogP contribution in [0.4, 0.5) is 0 Å².